The third-order valence-electron chi connectivity index (χ3n) is 3.97. The molecule has 0 radical (unpaired) electrons. The quantitative estimate of drug-likeness (QED) is 0.926. The molecule has 1 N–H and O–H groups in total. The second-order valence-corrected chi connectivity index (χ2v) is 6.57. The van der Waals surface area contributed by atoms with Crippen LogP contribution in [0.2, 0.25) is 0 Å². The topological polar surface area (TPSA) is 56.1 Å². The van der Waals surface area contributed by atoms with Crippen LogP contribution in [-0.2, 0) is 7.05 Å². The summed E-state index contributed by atoms with van der Waals surface area (Å²) in [7, 11) is 1.74. The molecule has 6 heteroatoms. The summed E-state index contributed by atoms with van der Waals surface area (Å²) >= 11 is 0. The van der Waals surface area contributed by atoms with Crippen molar-refractivity contribution in [3.05, 3.63) is 47.0 Å². The van der Waals surface area contributed by atoms with Crippen molar-refractivity contribution in [3.8, 4) is 5.75 Å². The lowest BCUT2D eigenvalue weighted by molar-refractivity contribution is 0.0613. The highest BCUT2D eigenvalue weighted by Gasteiger charge is 2.35. The van der Waals surface area contributed by atoms with Crippen LogP contribution in [0.1, 0.15) is 48.1 Å². The Hall–Kier alpha value is -2.37. The minimum absolute atomic E-state index is 0.203. The lowest BCUT2D eigenvalue weighted by Gasteiger charge is -2.37. The average Bonchev–Trinajstić information content (AvgIpc) is 2.75. The molecule has 1 atom stereocenters. The van der Waals surface area contributed by atoms with E-state index in [4.69, 9.17) is 4.74 Å². The van der Waals surface area contributed by atoms with Crippen LogP contribution in [0.15, 0.2) is 24.3 Å². The Kier molecular flexibility index (Phi) is 3.62. The number of hydrogen-bond donors (Lipinski definition) is 1. The Labute approximate surface area is 134 Å². The van der Waals surface area contributed by atoms with Crippen molar-refractivity contribution in [3.63, 3.8) is 0 Å². The summed E-state index contributed by atoms with van der Waals surface area (Å²) in [4.78, 5) is 12.5. The van der Waals surface area contributed by atoms with Gasteiger partial charge in [0.2, 0.25) is 0 Å². The molecule has 1 aliphatic rings. The average molecular weight is 317 g/mol. The predicted molar refractivity (Wildman–Crippen MR) is 83.9 cm³/mol. The van der Waals surface area contributed by atoms with Crippen molar-refractivity contribution in [2.24, 2.45) is 7.05 Å². The number of hydrogen-bond acceptors (Lipinski definition) is 3. The zero-order chi connectivity index (χ0) is 16.8. The van der Waals surface area contributed by atoms with Gasteiger partial charge in [-0.1, -0.05) is 6.07 Å². The van der Waals surface area contributed by atoms with Crippen molar-refractivity contribution >= 4 is 5.91 Å². The second kappa shape index (κ2) is 5.37. The van der Waals surface area contributed by atoms with Crippen molar-refractivity contribution in [1.29, 1.82) is 0 Å². The Balaban J connectivity index is 1.91. The molecule has 1 unspecified atom stereocenters. The molecule has 122 valence electrons. The Morgan fingerprint density at radius 1 is 1.43 bits per heavy atom. The highest BCUT2D eigenvalue weighted by atomic mass is 19.1. The van der Waals surface area contributed by atoms with E-state index in [-0.39, 0.29) is 17.8 Å². The van der Waals surface area contributed by atoms with Crippen molar-refractivity contribution in [2.75, 3.05) is 0 Å². The summed E-state index contributed by atoms with van der Waals surface area (Å²) in [5, 5.41) is 7.21. The van der Waals surface area contributed by atoms with Crippen LogP contribution in [0, 0.1) is 12.7 Å². The summed E-state index contributed by atoms with van der Waals surface area (Å²) in [5.41, 5.74) is 1.59. The van der Waals surface area contributed by atoms with Crippen molar-refractivity contribution in [2.45, 2.75) is 38.8 Å². The first-order valence-corrected chi connectivity index (χ1v) is 7.55. The van der Waals surface area contributed by atoms with Gasteiger partial charge in [0, 0.05) is 25.1 Å². The maximum absolute atomic E-state index is 13.5. The minimum Gasteiger partial charge on any atom is -0.487 e. The molecule has 3 rings (SSSR count). The number of ether oxygens (including phenoxy) is 1. The minimum atomic E-state index is -0.485. The molecule has 5 nitrogen and oxygen atoms in total. The van der Waals surface area contributed by atoms with E-state index in [1.54, 1.807) is 23.9 Å². The number of nitrogens with zero attached hydrogens (tertiary/aromatic N) is 2. The third kappa shape index (κ3) is 3.06. The van der Waals surface area contributed by atoms with Gasteiger partial charge in [-0.25, -0.2) is 4.39 Å². The molecular formula is C17H20FN3O2. The standard InChI is InChI=1S/C17H20FN3O2/c1-10-7-14(21(4)20-10)16(22)19-13-9-17(2,3)23-15-8-11(18)5-6-12(13)15/h5-8,13H,9H2,1-4H3,(H,19,22). The number of benzene rings is 1. The maximum atomic E-state index is 13.5. The number of nitrogens with one attached hydrogen (secondary N) is 1. The summed E-state index contributed by atoms with van der Waals surface area (Å²) in [6.45, 7) is 5.69. The molecular weight excluding hydrogens is 297 g/mol. The molecule has 0 spiro atoms. The van der Waals surface area contributed by atoms with E-state index in [1.165, 1.54) is 12.1 Å². The fourth-order valence-corrected chi connectivity index (χ4v) is 3.01. The molecule has 0 bridgehead atoms. The van der Waals surface area contributed by atoms with E-state index in [9.17, 15) is 9.18 Å². The smallest absolute Gasteiger partial charge is 0.270 e. The van der Waals surface area contributed by atoms with Gasteiger partial charge in [-0.2, -0.15) is 5.10 Å². The predicted octanol–water partition coefficient (Wildman–Crippen LogP) is 2.90. The van der Waals surface area contributed by atoms with E-state index in [0.29, 0.717) is 17.9 Å². The largest absolute Gasteiger partial charge is 0.487 e. The van der Waals surface area contributed by atoms with E-state index >= 15 is 0 Å². The number of amides is 1. The second-order valence-electron chi connectivity index (χ2n) is 6.57. The van der Waals surface area contributed by atoms with Crippen LogP contribution in [0.3, 0.4) is 0 Å². The fraction of sp³-hybridized carbons (Fsp3) is 0.412. The number of rotatable bonds is 2. The highest BCUT2D eigenvalue weighted by molar-refractivity contribution is 5.93. The van der Waals surface area contributed by atoms with E-state index < -0.39 is 5.60 Å². The van der Waals surface area contributed by atoms with Crippen LogP contribution in [0.25, 0.3) is 0 Å². The molecule has 2 aromatic rings. The van der Waals surface area contributed by atoms with Gasteiger partial charge in [-0.3, -0.25) is 9.48 Å². The molecule has 0 saturated heterocycles. The molecule has 1 aromatic carbocycles. The SMILES string of the molecule is Cc1cc(C(=O)NC2CC(C)(C)Oc3cc(F)ccc32)n(C)n1. The van der Waals surface area contributed by atoms with Gasteiger partial charge in [-0.05, 0) is 32.9 Å². The monoisotopic (exact) mass is 317 g/mol. The number of aromatic nitrogens is 2. The summed E-state index contributed by atoms with van der Waals surface area (Å²) in [5.74, 6) is -0.0763. The highest BCUT2D eigenvalue weighted by Crippen LogP contribution is 2.39. The maximum Gasteiger partial charge on any atom is 0.270 e. The van der Waals surface area contributed by atoms with Gasteiger partial charge in [0.1, 0.15) is 22.9 Å². The van der Waals surface area contributed by atoms with Gasteiger partial charge >= 0.3 is 0 Å². The van der Waals surface area contributed by atoms with E-state index in [2.05, 4.69) is 10.4 Å². The lowest BCUT2D eigenvalue weighted by Crippen LogP contribution is -2.41. The van der Waals surface area contributed by atoms with Crippen LogP contribution in [-0.4, -0.2) is 21.3 Å². The molecule has 1 aromatic heterocycles. The number of halogens is 1. The number of carbonyl (C=O) groups is 1. The molecule has 23 heavy (non-hydrogen) atoms. The van der Waals surface area contributed by atoms with Gasteiger partial charge in [0.25, 0.3) is 5.91 Å². The Morgan fingerprint density at radius 3 is 2.83 bits per heavy atom. The molecule has 2 heterocycles. The number of carbonyl (C=O) groups excluding carboxylic acids is 1. The fourth-order valence-electron chi connectivity index (χ4n) is 3.01. The van der Waals surface area contributed by atoms with Gasteiger partial charge < -0.3 is 10.1 Å². The molecule has 0 aliphatic carbocycles. The van der Waals surface area contributed by atoms with E-state index in [0.717, 1.165) is 11.3 Å². The first-order chi connectivity index (χ1) is 10.7. The molecule has 1 aliphatic heterocycles. The van der Waals surface area contributed by atoms with Crippen LogP contribution in [0.4, 0.5) is 4.39 Å². The number of aryl methyl sites for hydroxylation is 2. The summed E-state index contributed by atoms with van der Waals surface area (Å²) in [6.07, 6.45) is 0.605. The zero-order valence-corrected chi connectivity index (χ0v) is 13.7. The molecule has 1 amide bonds. The summed E-state index contributed by atoms with van der Waals surface area (Å²) in [6, 6.07) is 5.92. The van der Waals surface area contributed by atoms with Crippen molar-refractivity contribution in [1.82, 2.24) is 15.1 Å². The first kappa shape index (κ1) is 15.5. The molecule has 0 saturated carbocycles. The van der Waals surface area contributed by atoms with Gasteiger partial charge in [0.15, 0.2) is 0 Å². The summed E-state index contributed by atoms with van der Waals surface area (Å²) < 4.78 is 20.9. The van der Waals surface area contributed by atoms with Gasteiger partial charge in [-0.15, -0.1) is 0 Å². The van der Waals surface area contributed by atoms with Gasteiger partial charge in [0.05, 0.1) is 11.7 Å². The zero-order valence-electron chi connectivity index (χ0n) is 13.7. The van der Waals surface area contributed by atoms with Crippen LogP contribution >= 0.6 is 0 Å². The molecule has 0 fully saturated rings. The third-order valence-corrected chi connectivity index (χ3v) is 3.97. The lowest BCUT2D eigenvalue weighted by atomic mass is 9.89. The number of fused-ring (bicyclic) bond motifs is 1. The van der Waals surface area contributed by atoms with Crippen LogP contribution in [0.5, 0.6) is 5.75 Å². The normalized spacial score (nSPS) is 18.9. The van der Waals surface area contributed by atoms with E-state index in [1.807, 2.05) is 20.8 Å². The first-order valence-electron chi connectivity index (χ1n) is 7.55. The Bertz CT molecular complexity index is 767. The van der Waals surface area contributed by atoms with Crippen LogP contribution < -0.4 is 10.1 Å². The Morgan fingerprint density at radius 2 is 2.17 bits per heavy atom. The van der Waals surface area contributed by atoms with Crippen molar-refractivity contribution < 1.29 is 13.9 Å².